The van der Waals surface area contributed by atoms with Crippen molar-refractivity contribution in [3.63, 3.8) is 0 Å². The highest BCUT2D eigenvalue weighted by molar-refractivity contribution is 7.07. The van der Waals surface area contributed by atoms with Crippen LogP contribution >= 0.6 is 11.5 Å². The van der Waals surface area contributed by atoms with E-state index in [9.17, 15) is 4.79 Å². The molecular formula is C13H21N3OS. The molecule has 0 aliphatic heterocycles. The molecule has 2 rings (SSSR count). The summed E-state index contributed by atoms with van der Waals surface area (Å²) in [6.07, 6.45) is 4.55. The Morgan fingerprint density at radius 3 is 2.50 bits per heavy atom. The summed E-state index contributed by atoms with van der Waals surface area (Å²) in [5, 5.41) is 0.514. The predicted molar refractivity (Wildman–Crippen MR) is 72.8 cm³/mol. The topological polar surface area (TPSA) is 46.1 Å². The zero-order valence-corrected chi connectivity index (χ0v) is 12.4. The number of carbonyl (C=O) groups is 1. The van der Waals surface area contributed by atoms with E-state index in [1.807, 2.05) is 18.9 Å². The van der Waals surface area contributed by atoms with E-state index < -0.39 is 0 Å². The number of nitrogens with zero attached hydrogens (tertiary/aromatic N) is 3. The molecule has 0 aromatic carbocycles. The van der Waals surface area contributed by atoms with Gasteiger partial charge in [-0.05, 0) is 49.6 Å². The number of carbonyl (C=O) groups excluding carboxylic acids is 1. The molecule has 1 aromatic heterocycles. The van der Waals surface area contributed by atoms with Gasteiger partial charge in [-0.15, -0.1) is 0 Å². The Morgan fingerprint density at radius 1 is 1.39 bits per heavy atom. The fourth-order valence-corrected chi connectivity index (χ4v) is 3.13. The third-order valence-corrected chi connectivity index (χ3v) is 4.68. The zero-order valence-electron chi connectivity index (χ0n) is 11.6. The molecule has 0 bridgehead atoms. The number of aryl methyl sites for hydroxylation is 1. The van der Waals surface area contributed by atoms with Crippen LogP contribution in [0, 0.1) is 12.3 Å². The second-order valence-electron chi connectivity index (χ2n) is 5.96. The Bertz CT molecular complexity index is 431. The van der Waals surface area contributed by atoms with Crippen molar-refractivity contribution < 1.29 is 4.79 Å². The van der Waals surface area contributed by atoms with Crippen LogP contribution in [0.4, 0.5) is 0 Å². The summed E-state index contributed by atoms with van der Waals surface area (Å²) in [5.74, 6) is 0.701. The molecule has 0 N–H and O–H groups in total. The van der Waals surface area contributed by atoms with Crippen LogP contribution in [0.2, 0.25) is 0 Å². The lowest BCUT2D eigenvalue weighted by molar-refractivity contribution is 0.0635. The minimum atomic E-state index is 0.0188. The Balaban J connectivity index is 2.00. The van der Waals surface area contributed by atoms with Gasteiger partial charge in [-0.2, -0.15) is 4.37 Å². The Morgan fingerprint density at radius 2 is 2.00 bits per heavy atom. The lowest BCUT2D eigenvalue weighted by atomic mass is 9.75. The van der Waals surface area contributed by atoms with E-state index >= 15 is 0 Å². The average molecular weight is 267 g/mol. The minimum absolute atomic E-state index is 0.0188. The van der Waals surface area contributed by atoms with Crippen LogP contribution in [0.5, 0.6) is 0 Å². The lowest BCUT2D eigenvalue weighted by Gasteiger charge is -2.38. The van der Waals surface area contributed by atoms with Gasteiger partial charge in [-0.1, -0.05) is 13.8 Å². The van der Waals surface area contributed by atoms with Crippen LogP contribution in [-0.2, 0) is 0 Å². The van der Waals surface area contributed by atoms with Gasteiger partial charge in [0.25, 0.3) is 5.91 Å². The maximum absolute atomic E-state index is 12.3. The van der Waals surface area contributed by atoms with Crippen molar-refractivity contribution in [3.05, 3.63) is 10.8 Å². The van der Waals surface area contributed by atoms with Crippen molar-refractivity contribution in [1.82, 2.24) is 14.3 Å². The van der Waals surface area contributed by atoms with Gasteiger partial charge in [0.1, 0.15) is 5.82 Å². The monoisotopic (exact) mass is 267 g/mol. The highest BCUT2D eigenvalue weighted by Crippen LogP contribution is 2.36. The van der Waals surface area contributed by atoms with Crippen LogP contribution in [0.25, 0.3) is 0 Å². The van der Waals surface area contributed by atoms with Crippen LogP contribution in [0.3, 0.4) is 0 Å². The van der Waals surface area contributed by atoms with Crippen molar-refractivity contribution in [2.45, 2.75) is 52.5 Å². The van der Waals surface area contributed by atoms with Crippen LogP contribution in [0.15, 0.2) is 0 Å². The van der Waals surface area contributed by atoms with Gasteiger partial charge >= 0.3 is 0 Å². The standard InChI is InChI=1S/C13H21N3OS/c1-9-14-11(18-15-9)12(17)16(4)10-5-7-13(2,3)8-6-10/h10H,5-8H2,1-4H3. The first-order valence-electron chi connectivity index (χ1n) is 6.46. The molecule has 1 fully saturated rings. The molecule has 1 aliphatic carbocycles. The zero-order chi connectivity index (χ0) is 13.3. The van der Waals surface area contributed by atoms with E-state index in [1.165, 1.54) is 24.4 Å². The van der Waals surface area contributed by atoms with E-state index in [-0.39, 0.29) is 5.91 Å². The molecule has 18 heavy (non-hydrogen) atoms. The van der Waals surface area contributed by atoms with Gasteiger partial charge in [0.05, 0.1) is 0 Å². The van der Waals surface area contributed by atoms with Gasteiger partial charge < -0.3 is 4.90 Å². The molecule has 0 unspecified atom stereocenters. The molecule has 0 spiro atoms. The average Bonchev–Trinajstić information content (AvgIpc) is 2.74. The SMILES string of the molecule is Cc1nsc(C(=O)N(C)C2CCC(C)(C)CC2)n1. The minimum Gasteiger partial charge on any atom is -0.337 e. The Kier molecular flexibility index (Phi) is 3.71. The number of hydrogen-bond donors (Lipinski definition) is 0. The molecule has 1 aromatic rings. The summed E-state index contributed by atoms with van der Waals surface area (Å²) < 4.78 is 4.07. The predicted octanol–water partition coefficient (Wildman–Crippen LogP) is 2.89. The number of amides is 1. The third-order valence-electron chi connectivity index (χ3n) is 3.89. The first kappa shape index (κ1) is 13.5. The number of hydrogen-bond acceptors (Lipinski definition) is 4. The smallest absolute Gasteiger partial charge is 0.284 e. The highest BCUT2D eigenvalue weighted by atomic mass is 32.1. The second-order valence-corrected chi connectivity index (χ2v) is 6.71. The molecule has 0 atom stereocenters. The van der Waals surface area contributed by atoms with Gasteiger partial charge in [0.15, 0.2) is 0 Å². The summed E-state index contributed by atoms with van der Waals surface area (Å²) in [5.41, 5.74) is 0.430. The van der Waals surface area contributed by atoms with Crippen molar-refractivity contribution in [2.24, 2.45) is 5.41 Å². The van der Waals surface area contributed by atoms with Gasteiger partial charge in [0.2, 0.25) is 5.01 Å². The molecule has 0 saturated heterocycles. The van der Waals surface area contributed by atoms with Crippen molar-refractivity contribution >= 4 is 17.4 Å². The van der Waals surface area contributed by atoms with E-state index in [4.69, 9.17) is 0 Å². The summed E-state index contributed by atoms with van der Waals surface area (Å²) in [4.78, 5) is 18.3. The first-order valence-corrected chi connectivity index (χ1v) is 7.24. The van der Waals surface area contributed by atoms with E-state index in [2.05, 4.69) is 23.2 Å². The quantitative estimate of drug-likeness (QED) is 0.827. The molecule has 4 nitrogen and oxygen atoms in total. The molecule has 1 saturated carbocycles. The van der Waals surface area contributed by atoms with Gasteiger partial charge in [-0.25, -0.2) is 4.98 Å². The Labute approximate surface area is 113 Å². The number of rotatable bonds is 2. The fraction of sp³-hybridized carbons (Fsp3) is 0.769. The highest BCUT2D eigenvalue weighted by Gasteiger charge is 2.31. The molecule has 5 heteroatoms. The molecular weight excluding hydrogens is 246 g/mol. The normalized spacial score (nSPS) is 19.8. The second kappa shape index (κ2) is 4.96. The molecule has 1 heterocycles. The summed E-state index contributed by atoms with van der Waals surface area (Å²) in [6.45, 7) is 6.43. The van der Waals surface area contributed by atoms with E-state index in [1.54, 1.807) is 0 Å². The van der Waals surface area contributed by atoms with Gasteiger partial charge in [0, 0.05) is 13.1 Å². The van der Waals surface area contributed by atoms with Crippen LogP contribution < -0.4 is 0 Å². The fourth-order valence-electron chi connectivity index (χ4n) is 2.47. The Hall–Kier alpha value is -0.970. The molecule has 1 aliphatic rings. The third kappa shape index (κ3) is 2.88. The summed E-state index contributed by atoms with van der Waals surface area (Å²) in [6, 6.07) is 0.356. The van der Waals surface area contributed by atoms with E-state index in [0.717, 1.165) is 12.8 Å². The summed E-state index contributed by atoms with van der Waals surface area (Å²) >= 11 is 1.20. The maximum atomic E-state index is 12.3. The molecule has 100 valence electrons. The van der Waals surface area contributed by atoms with Crippen molar-refractivity contribution in [1.29, 1.82) is 0 Å². The first-order chi connectivity index (χ1) is 8.39. The van der Waals surface area contributed by atoms with Crippen molar-refractivity contribution in [3.8, 4) is 0 Å². The number of aromatic nitrogens is 2. The lowest BCUT2D eigenvalue weighted by Crippen LogP contribution is -2.40. The van der Waals surface area contributed by atoms with Crippen LogP contribution in [0.1, 0.15) is 55.2 Å². The van der Waals surface area contributed by atoms with Gasteiger partial charge in [-0.3, -0.25) is 4.79 Å². The molecule has 1 amide bonds. The van der Waals surface area contributed by atoms with Crippen molar-refractivity contribution in [2.75, 3.05) is 7.05 Å². The summed E-state index contributed by atoms with van der Waals surface area (Å²) in [7, 11) is 1.89. The maximum Gasteiger partial charge on any atom is 0.284 e. The molecule has 0 radical (unpaired) electrons. The largest absolute Gasteiger partial charge is 0.337 e. The van der Waals surface area contributed by atoms with Crippen LogP contribution in [-0.4, -0.2) is 33.3 Å². The van der Waals surface area contributed by atoms with E-state index in [0.29, 0.717) is 22.3 Å².